The van der Waals surface area contributed by atoms with Gasteiger partial charge >= 0.3 is 0 Å². The Morgan fingerprint density at radius 3 is 2.57 bits per heavy atom. The maximum Gasteiger partial charge on any atom is 0.194 e. The van der Waals surface area contributed by atoms with Gasteiger partial charge in [-0.1, -0.05) is 6.07 Å². The summed E-state index contributed by atoms with van der Waals surface area (Å²) in [6.45, 7) is 5.85. The minimum atomic E-state index is -0.424. The number of nitrogens with one attached hydrogen (secondary N) is 1. The summed E-state index contributed by atoms with van der Waals surface area (Å²) in [7, 11) is 3.93. The fraction of sp³-hybridized carbons (Fsp3) is 0.429. The van der Waals surface area contributed by atoms with E-state index < -0.39 is 11.6 Å². The van der Waals surface area contributed by atoms with Gasteiger partial charge in [0, 0.05) is 64.6 Å². The molecule has 0 aliphatic carbocycles. The van der Waals surface area contributed by atoms with Gasteiger partial charge in [0.1, 0.15) is 17.5 Å². The van der Waals surface area contributed by atoms with Crippen LogP contribution in [0.1, 0.15) is 12.5 Å². The number of benzene rings is 1. The molecule has 1 aromatic heterocycles. The normalized spacial score (nSPS) is 14.4. The molecule has 9 heteroatoms. The quantitative estimate of drug-likeness (QED) is 0.365. The molecule has 1 aliphatic heterocycles. The van der Waals surface area contributed by atoms with E-state index in [4.69, 9.17) is 4.99 Å². The molecule has 1 fully saturated rings. The summed E-state index contributed by atoms with van der Waals surface area (Å²) in [5.41, 5.74) is 1.37. The number of nitrogens with zero attached hydrogens (tertiary/aromatic N) is 5. The van der Waals surface area contributed by atoms with Crippen molar-refractivity contribution in [3.63, 3.8) is 0 Å². The van der Waals surface area contributed by atoms with Crippen molar-refractivity contribution in [3.8, 4) is 0 Å². The van der Waals surface area contributed by atoms with Crippen LogP contribution in [0.2, 0.25) is 0 Å². The molecule has 0 bridgehead atoms. The van der Waals surface area contributed by atoms with Gasteiger partial charge in [0.15, 0.2) is 5.96 Å². The summed E-state index contributed by atoms with van der Waals surface area (Å²) < 4.78 is 27.6. The highest BCUT2D eigenvalue weighted by atomic mass is 127. The molecule has 1 saturated heterocycles. The van der Waals surface area contributed by atoms with Gasteiger partial charge in [-0.05, 0) is 25.1 Å². The lowest BCUT2D eigenvalue weighted by Crippen LogP contribution is -2.52. The Kier molecular flexibility index (Phi) is 9.07. The highest BCUT2D eigenvalue weighted by molar-refractivity contribution is 14.0. The molecule has 0 radical (unpaired) electrons. The molecule has 1 aliphatic rings. The molecule has 1 N–H and O–H groups in total. The summed E-state index contributed by atoms with van der Waals surface area (Å²) in [6.07, 6.45) is 1.78. The number of hydrogen-bond donors (Lipinski definition) is 1. The van der Waals surface area contributed by atoms with Crippen molar-refractivity contribution in [1.82, 2.24) is 15.2 Å². The predicted octanol–water partition coefficient (Wildman–Crippen LogP) is 3.33. The molecule has 2 aromatic rings. The van der Waals surface area contributed by atoms with Crippen LogP contribution in [-0.2, 0) is 6.54 Å². The summed E-state index contributed by atoms with van der Waals surface area (Å²) in [5.74, 6) is 0.902. The van der Waals surface area contributed by atoms with Crippen LogP contribution in [0.15, 0.2) is 41.5 Å². The lowest BCUT2D eigenvalue weighted by Gasteiger charge is -2.37. The number of aromatic nitrogens is 1. The molecule has 0 atom stereocenters. The number of aliphatic imine (C=N–C) groups is 1. The predicted molar refractivity (Wildman–Crippen MR) is 129 cm³/mol. The number of piperazine rings is 1. The number of guanidine groups is 1. The first-order valence-corrected chi connectivity index (χ1v) is 9.84. The van der Waals surface area contributed by atoms with Gasteiger partial charge < -0.3 is 20.0 Å². The van der Waals surface area contributed by atoms with Crippen LogP contribution in [0.4, 0.5) is 20.3 Å². The minimum Gasteiger partial charge on any atom is -0.366 e. The Morgan fingerprint density at radius 1 is 1.17 bits per heavy atom. The zero-order chi connectivity index (χ0) is 20.8. The van der Waals surface area contributed by atoms with E-state index in [9.17, 15) is 8.78 Å². The number of hydrogen-bond acceptors (Lipinski definition) is 4. The van der Waals surface area contributed by atoms with Crippen LogP contribution in [0, 0.1) is 11.6 Å². The van der Waals surface area contributed by atoms with Crippen LogP contribution in [0.25, 0.3) is 0 Å². The highest BCUT2D eigenvalue weighted by Gasteiger charge is 2.22. The van der Waals surface area contributed by atoms with Crippen LogP contribution in [0.3, 0.4) is 0 Å². The second-order valence-electron chi connectivity index (χ2n) is 7.12. The molecule has 0 amide bonds. The number of rotatable bonds is 5. The van der Waals surface area contributed by atoms with E-state index >= 15 is 0 Å². The van der Waals surface area contributed by atoms with E-state index in [0.717, 1.165) is 30.0 Å². The third kappa shape index (κ3) is 5.93. The van der Waals surface area contributed by atoms with E-state index in [1.165, 1.54) is 12.1 Å². The molecule has 1 aromatic carbocycles. The second-order valence-corrected chi connectivity index (χ2v) is 7.12. The van der Waals surface area contributed by atoms with Crippen molar-refractivity contribution in [2.45, 2.75) is 13.5 Å². The maximum absolute atomic E-state index is 14.1. The average Bonchev–Trinajstić information content (AvgIpc) is 2.73. The van der Waals surface area contributed by atoms with E-state index in [2.05, 4.69) is 15.2 Å². The van der Waals surface area contributed by atoms with Crippen molar-refractivity contribution >= 4 is 41.4 Å². The van der Waals surface area contributed by atoms with Crippen molar-refractivity contribution in [2.75, 3.05) is 56.6 Å². The summed E-state index contributed by atoms with van der Waals surface area (Å²) in [4.78, 5) is 15.2. The first-order valence-electron chi connectivity index (χ1n) is 9.84. The van der Waals surface area contributed by atoms with E-state index in [1.54, 1.807) is 6.20 Å². The zero-order valence-electron chi connectivity index (χ0n) is 17.6. The Bertz CT molecular complexity index is 853. The summed E-state index contributed by atoms with van der Waals surface area (Å²) in [6, 6.07) is 7.52. The standard InChI is InChI=1S/C21H28F2N6.HI/c1-4-24-21(26-15-16-6-5-9-25-20(16)27(2)3)29-12-10-28(11-13-29)19-14-17(22)7-8-18(19)23;/h5-9,14H,4,10-13,15H2,1-3H3,(H,24,26);1H. The van der Waals surface area contributed by atoms with E-state index in [-0.39, 0.29) is 24.0 Å². The van der Waals surface area contributed by atoms with Gasteiger partial charge in [0.2, 0.25) is 0 Å². The minimum absolute atomic E-state index is 0. The van der Waals surface area contributed by atoms with Crippen molar-refractivity contribution in [2.24, 2.45) is 4.99 Å². The first kappa shape index (κ1) is 24.1. The topological polar surface area (TPSA) is 47.0 Å². The molecule has 0 spiro atoms. The van der Waals surface area contributed by atoms with E-state index in [0.29, 0.717) is 38.4 Å². The van der Waals surface area contributed by atoms with Gasteiger partial charge in [0.05, 0.1) is 12.2 Å². The number of anilines is 2. The van der Waals surface area contributed by atoms with Gasteiger partial charge in [-0.15, -0.1) is 24.0 Å². The van der Waals surface area contributed by atoms with Crippen molar-refractivity contribution in [1.29, 1.82) is 0 Å². The molecule has 3 rings (SSSR count). The van der Waals surface area contributed by atoms with Gasteiger partial charge in [-0.3, -0.25) is 0 Å². The second kappa shape index (κ2) is 11.3. The lowest BCUT2D eigenvalue weighted by molar-refractivity contribution is 0.370. The van der Waals surface area contributed by atoms with Crippen LogP contribution in [0.5, 0.6) is 0 Å². The Hall–Kier alpha value is -2.17. The van der Waals surface area contributed by atoms with Crippen LogP contribution < -0.4 is 15.1 Å². The molecular weight excluding hydrogens is 501 g/mol. The van der Waals surface area contributed by atoms with Crippen molar-refractivity contribution in [3.05, 3.63) is 53.7 Å². The number of pyridine rings is 1. The summed E-state index contributed by atoms with van der Waals surface area (Å²) in [5, 5.41) is 3.34. The smallest absolute Gasteiger partial charge is 0.194 e. The monoisotopic (exact) mass is 530 g/mol. The third-order valence-corrected chi connectivity index (χ3v) is 4.85. The zero-order valence-corrected chi connectivity index (χ0v) is 19.9. The van der Waals surface area contributed by atoms with E-state index in [1.807, 2.05) is 43.0 Å². The SMILES string of the molecule is CCNC(=NCc1cccnc1N(C)C)N1CCN(c2cc(F)ccc2F)CC1.I. The fourth-order valence-electron chi connectivity index (χ4n) is 3.43. The molecule has 0 unspecified atom stereocenters. The molecule has 30 heavy (non-hydrogen) atoms. The Balaban J connectivity index is 0.00000320. The maximum atomic E-state index is 14.1. The van der Waals surface area contributed by atoms with Crippen LogP contribution in [-0.4, -0.2) is 62.7 Å². The first-order chi connectivity index (χ1) is 14.0. The van der Waals surface area contributed by atoms with Crippen LogP contribution >= 0.6 is 24.0 Å². The third-order valence-electron chi connectivity index (χ3n) is 4.85. The Morgan fingerprint density at radius 2 is 1.90 bits per heavy atom. The van der Waals surface area contributed by atoms with Crippen molar-refractivity contribution < 1.29 is 8.78 Å². The molecular formula is C21H29F2IN6. The molecule has 2 heterocycles. The average molecular weight is 530 g/mol. The molecule has 6 nitrogen and oxygen atoms in total. The molecule has 164 valence electrons. The van der Waals surface area contributed by atoms with Gasteiger partial charge in [-0.2, -0.15) is 0 Å². The van der Waals surface area contributed by atoms with Gasteiger partial charge in [0.25, 0.3) is 0 Å². The number of halogens is 3. The lowest BCUT2D eigenvalue weighted by atomic mass is 10.2. The highest BCUT2D eigenvalue weighted by Crippen LogP contribution is 2.22. The Labute approximate surface area is 194 Å². The fourth-order valence-corrected chi connectivity index (χ4v) is 3.43. The largest absolute Gasteiger partial charge is 0.366 e. The van der Waals surface area contributed by atoms with Gasteiger partial charge in [-0.25, -0.2) is 18.8 Å². The summed E-state index contributed by atoms with van der Waals surface area (Å²) >= 11 is 0. The molecule has 0 saturated carbocycles.